The molecule has 5 N–H and O–H groups in total. The summed E-state index contributed by atoms with van der Waals surface area (Å²) in [6.45, 7) is 1.16. The zero-order valence-corrected chi connectivity index (χ0v) is 19.0. The number of amides is 1. The molecule has 0 spiro atoms. The number of aromatic carboxylic acids is 1. The molecule has 36 heavy (non-hydrogen) atoms. The van der Waals surface area contributed by atoms with Crippen molar-refractivity contribution < 1.29 is 34.1 Å². The number of aliphatic hydroxyl groups excluding tert-OH is 1. The van der Waals surface area contributed by atoms with Crippen LogP contribution < -0.4 is 21.2 Å². The number of carboxylic acids is 1. The SMILES string of the molecule is COC(=O)c1ccc(C(=O)O)cc1N=N/C(C(=O)Nc1cc2[nH]c(=O)c(=O)[nH]c2cc1OC)=C(\C)O. The Bertz CT molecular complexity index is 1560. The molecule has 1 heterocycles. The van der Waals surface area contributed by atoms with Crippen LogP contribution in [0, 0.1) is 0 Å². The number of carbonyl (C=O) groups excluding carboxylic acids is 2. The number of carbonyl (C=O) groups is 3. The number of allylic oxidation sites excluding steroid dienone is 1. The summed E-state index contributed by atoms with van der Waals surface area (Å²) >= 11 is 0. The third-order valence-corrected chi connectivity index (χ3v) is 4.76. The van der Waals surface area contributed by atoms with Gasteiger partial charge in [0.15, 0.2) is 5.70 Å². The molecule has 2 aromatic carbocycles. The van der Waals surface area contributed by atoms with Crippen molar-refractivity contribution in [3.8, 4) is 5.75 Å². The number of anilines is 1. The van der Waals surface area contributed by atoms with Gasteiger partial charge in [-0.3, -0.25) is 14.4 Å². The Hall–Kier alpha value is -5.27. The van der Waals surface area contributed by atoms with Gasteiger partial charge in [-0.25, -0.2) is 9.59 Å². The predicted molar refractivity (Wildman–Crippen MR) is 125 cm³/mol. The third kappa shape index (κ3) is 5.27. The first-order valence-electron chi connectivity index (χ1n) is 9.98. The van der Waals surface area contributed by atoms with Gasteiger partial charge in [-0.05, 0) is 31.2 Å². The Kier molecular flexibility index (Phi) is 7.28. The van der Waals surface area contributed by atoms with Crippen molar-refractivity contribution >= 4 is 40.3 Å². The van der Waals surface area contributed by atoms with Crippen molar-refractivity contribution in [3.05, 3.63) is 73.6 Å². The molecule has 0 aliphatic carbocycles. The molecule has 14 nitrogen and oxygen atoms in total. The number of aromatic nitrogens is 2. The minimum Gasteiger partial charge on any atom is -0.510 e. The molecule has 186 valence electrons. The summed E-state index contributed by atoms with van der Waals surface area (Å²) in [6.07, 6.45) is 0. The largest absolute Gasteiger partial charge is 0.510 e. The summed E-state index contributed by atoms with van der Waals surface area (Å²) < 4.78 is 9.86. The Morgan fingerprint density at radius 1 is 0.972 bits per heavy atom. The van der Waals surface area contributed by atoms with E-state index in [0.29, 0.717) is 0 Å². The number of carboxylic acid groups (broad SMARTS) is 1. The second-order valence-corrected chi connectivity index (χ2v) is 7.12. The van der Waals surface area contributed by atoms with Crippen molar-refractivity contribution in [2.75, 3.05) is 19.5 Å². The first-order valence-corrected chi connectivity index (χ1v) is 9.98. The highest BCUT2D eigenvalue weighted by Gasteiger charge is 2.19. The summed E-state index contributed by atoms with van der Waals surface area (Å²) in [5.41, 5.74) is -2.46. The van der Waals surface area contributed by atoms with Gasteiger partial charge in [-0.1, -0.05) is 0 Å². The Morgan fingerprint density at radius 3 is 2.17 bits per heavy atom. The molecule has 14 heteroatoms. The number of rotatable bonds is 7. The maximum absolute atomic E-state index is 12.9. The van der Waals surface area contributed by atoms with Crippen LogP contribution in [0.15, 0.2) is 61.6 Å². The van der Waals surface area contributed by atoms with E-state index < -0.39 is 40.4 Å². The molecule has 0 aliphatic rings. The number of fused-ring (bicyclic) bond motifs is 1. The summed E-state index contributed by atoms with van der Waals surface area (Å²) in [5, 5.41) is 29.2. The van der Waals surface area contributed by atoms with Gasteiger partial charge >= 0.3 is 23.1 Å². The molecule has 0 unspecified atom stereocenters. The molecule has 0 atom stereocenters. The molecular weight excluding hydrogens is 478 g/mol. The van der Waals surface area contributed by atoms with E-state index in [2.05, 4.69) is 30.3 Å². The molecule has 1 amide bonds. The highest BCUT2D eigenvalue weighted by molar-refractivity contribution is 6.05. The first kappa shape index (κ1) is 25.4. The Balaban J connectivity index is 2.00. The van der Waals surface area contributed by atoms with E-state index in [4.69, 9.17) is 4.74 Å². The molecule has 0 bridgehead atoms. The van der Waals surface area contributed by atoms with Crippen LogP contribution in [0.25, 0.3) is 11.0 Å². The summed E-state index contributed by atoms with van der Waals surface area (Å²) in [5.74, 6) is -3.53. The van der Waals surface area contributed by atoms with Gasteiger partial charge in [0.05, 0.1) is 42.1 Å². The fraction of sp³-hybridized carbons (Fsp3) is 0.136. The maximum Gasteiger partial charge on any atom is 0.340 e. The van der Waals surface area contributed by atoms with Crippen LogP contribution in [-0.2, 0) is 9.53 Å². The lowest BCUT2D eigenvalue weighted by Gasteiger charge is -2.12. The first-order chi connectivity index (χ1) is 17.0. The van der Waals surface area contributed by atoms with E-state index in [9.17, 15) is 34.2 Å². The topological polar surface area (TPSA) is 213 Å². The summed E-state index contributed by atoms with van der Waals surface area (Å²) in [6, 6.07) is 6.06. The maximum atomic E-state index is 12.9. The number of ether oxygens (including phenoxy) is 2. The lowest BCUT2D eigenvalue weighted by atomic mass is 10.1. The molecule has 0 saturated heterocycles. The minimum absolute atomic E-state index is 0.0507. The van der Waals surface area contributed by atoms with Gasteiger partial charge < -0.3 is 35.0 Å². The number of methoxy groups -OCH3 is 2. The Morgan fingerprint density at radius 2 is 1.61 bits per heavy atom. The van der Waals surface area contributed by atoms with Crippen molar-refractivity contribution in [2.24, 2.45) is 10.2 Å². The van der Waals surface area contributed by atoms with E-state index in [-0.39, 0.29) is 39.3 Å². The second kappa shape index (κ2) is 10.3. The van der Waals surface area contributed by atoms with E-state index in [1.165, 1.54) is 25.3 Å². The van der Waals surface area contributed by atoms with E-state index in [1.807, 2.05) is 0 Å². The highest BCUT2D eigenvalue weighted by atomic mass is 16.5. The lowest BCUT2D eigenvalue weighted by Crippen LogP contribution is -2.29. The van der Waals surface area contributed by atoms with Gasteiger partial charge in [-0.15, -0.1) is 10.2 Å². The predicted octanol–water partition coefficient (Wildman–Crippen LogP) is 2.22. The van der Waals surface area contributed by atoms with Gasteiger partial charge in [-0.2, -0.15) is 0 Å². The lowest BCUT2D eigenvalue weighted by molar-refractivity contribution is -0.113. The van der Waals surface area contributed by atoms with Crippen LogP contribution in [0.1, 0.15) is 27.6 Å². The van der Waals surface area contributed by atoms with Crippen LogP contribution in [0.3, 0.4) is 0 Å². The zero-order valence-electron chi connectivity index (χ0n) is 19.0. The number of nitrogens with one attached hydrogen (secondary N) is 3. The zero-order chi connectivity index (χ0) is 26.6. The average Bonchev–Trinajstić information content (AvgIpc) is 2.83. The van der Waals surface area contributed by atoms with Crippen LogP contribution >= 0.6 is 0 Å². The minimum atomic E-state index is -1.29. The number of esters is 1. The molecule has 3 aromatic rings. The van der Waals surface area contributed by atoms with Gasteiger partial charge in [0.2, 0.25) is 0 Å². The number of azo groups is 1. The van der Waals surface area contributed by atoms with Crippen LogP contribution in [0.4, 0.5) is 11.4 Å². The second-order valence-electron chi connectivity index (χ2n) is 7.12. The molecule has 3 rings (SSSR count). The molecule has 0 saturated carbocycles. The highest BCUT2D eigenvalue weighted by Crippen LogP contribution is 2.29. The molecule has 1 aromatic heterocycles. The van der Waals surface area contributed by atoms with Crippen molar-refractivity contribution in [1.82, 2.24) is 9.97 Å². The van der Waals surface area contributed by atoms with E-state index in [0.717, 1.165) is 26.2 Å². The Labute approximate surface area is 200 Å². The summed E-state index contributed by atoms with van der Waals surface area (Å²) in [4.78, 5) is 64.2. The van der Waals surface area contributed by atoms with Crippen molar-refractivity contribution in [1.29, 1.82) is 0 Å². The van der Waals surface area contributed by atoms with E-state index in [1.54, 1.807) is 0 Å². The van der Waals surface area contributed by atoms with Crippen LogP contribution in [0.5, 0.6) is 5.75 Å². The quantitative estimate of drug-likeness (QED) is 0.106. The fourth-order valence-electron chi connectivity index (χ4n) is 3.01. The fourth-order valence-corrected chi connectivity index (χ4v) is 3.01. The standard InChI is InChI=1S/C22H19N5O9/c1-9(28)17(27-26-12-6-10(21(32)33)4-5-11(12)22(34)36-3)18(29)25-15-7-13-14(8-16(15)35-2)24-20(31)19(30)23-13/h4-8,28H,1-3H3,(H,23,30)(H,24,31)(H,25,29)(H,32,33)/b17-9+,27-26?. The number of hydrogen-bond acceptors (Lipinski definition) is 10. The van der Waals surface area contributed by atoms with Crippen LogP contribution in [-0.4, -0.2) is 52.2 Å². The molecule has 0 fully saturated rings. The monoisotopic (exact) mass is 497 g/mol. The van der Waals surface area contributed by atoms with Gasteiger partial charge in [0, 0.05) is 6.07 Å². The number of hydrogen-bond donors (Lipinski definition) is 5. The number of benzene rings is 2. The van der Waals surface area contributed by atoms with Crippen molar-refractivity contribution in [3.63, 3.8) is 0 Å². The number of aliphatic hydroxyl groups is 1. The van der Waals surface area contributed by atoms with Crippen LogP contribution in [0.2, 0.25) is 0 Å². The third-order valence-electron chi connectivity index (χ3n) is 4.76. The number of aromatic amines is 2. The molecule has 0 radical (unpaired) electrons. The average molecular weight is 497 g/mol. The normalized spacial score (nSPS) is 11.8. The van der Waals surface area contributed by atoms with Crippen molar-refractivity contribution in [2.45, 2.75) is 6.92 Å². The number of nitrogens with zero attached hydrogens (tertiary/aromatic N) is 2. The molecular formula is C22H19N5O9. The van der Waals surface area contributed by atoms with E-state index >= 15 is 0 Å². The van der Waals surface area contributed by atoms with Gasteiger partial charge in [0.1, 0.15) is 17.2 Å². The molecule has 0 aliphatic heterocycles. The summed E-state index contributed by atoms with van der Waals surface area (Å²) in [7, 11) is 2.42. The smallest absolute Gasteiger partial charge is 0.340 e. The van der Waals surface area contributed by atoms with Gasteiger partial charge in [0.25, 0.3) is 5.91 Å². The number of H-pyrrole nitrogens is 2.